The smallest absolute Gasteiger partial charge is 0.341 e. The van der Waals surface area contributed by atoms with Crippen LogP contribution in [0.1, 0.15) is 20.7 Å². The summed E-state index contributed by atoms with van der Waals surface area (Å²) in [6.07, 6.45) is 0.514. The van der Waals surface area contributed by atoms with Crippen LogP contribution in [0.5, 0.6) is 11.5 Å². The Kier molecular flexibility index (Phi) is 2.89. The van der Waals surface area contributed by atoms with Gasteiger partial charge in [-0.15, -0.1) is 0 Å². The van der Waals surface area contributed by atoms with E-state index in [1.165, 1.54) is 31.4 Å². The van der Waals surface area contributed by atoms with Crippen molar-refractivity contribution >= 4 is 23.0 Å². The van der Waals surface area contributed by atoms with Gasteiger partial charge in [0.05, 0.1) is 12.7 Å². The molecule has 0 atom stereocenters. The molecule has 18 heavy (non-hydrogen) atoms. The zero-order valence-electron chi connectivity index (χ0n) is 9.51. The number of carbonyl (C=O) groups excluding carboxylic acids is 2. The number of ether oxygens (including phenoxy) is 1. The topological polar surface area (TPSA) is 83.8 Å². The lowest BCUT2D eigenvalue weighted by Crippen LogP contribution is -2.01. The number of phenolic OH excluding ortho intramolecular Hbond substituents is 2. The van der Waals surface area contributed by atoms with Crippen molar-refractivity contribution in [1.29, 1.82) is 0 Å². The van der Waals surface area contributed by atoms with Gasteiger partial charge in [0.2, 0.25) is 0 Å². The number of fused-ring (bicyclic) bond motifs is 1. The average molecular weight is 246 g/mol. The standard InChI is InChI=1S/C13H10O5/c1-18-13(17)10-3-8-4-11(15)9(6-14)2-7(8)5-12(10)16/h2-6,15-16H,1H3. The number of benzene rings is 2. The Morgan fingerprint density at radius 2 is 1.72 bits per heavy atom. The zero-order valence-corrected chi connectivity index (χ0v) is 9.51. The summed E-state index contributed by atoms with van der Waals surface area (Å²) in [4.78, 5) is 22.1. The van der Waals surface area contributed by atoms with Gasteiger partial charge >= 0.3 is 5.97 Å². The molecule has 92 valence electrons. The molecule has 0 saturated carbocycles. The van der Waals surface area contributed by atoms with Crippen LogP contribution < -0.4 is 0 Å². The van der Waals surface area contributed by atoms with E-state index in [0.29, 0.717) is 17.1 Å². The number of carbonyl (C=O) groups is 2. The minimum absolute atomic E-state index is 0.00301. The number of esters is 1. The Labute approximate surface area is 102 Å². The van der Waals surface area contributed by atoms with Gasteiger partial charge in [0, 0.05) is 0 Å². The number of hydrogen-bond acceptors (Lipinski definition) is 5. The van der Waals surface area contributed by atoms with Crippen LogP contribution in [0.4, 0.5) is 0 Å². The Balaban J connectivity index is 2.72. The van der Waals surface area contributed by atoms with Crippen molar-refractivity contribution in [2.45, 2.75) is 0 Å². The molecule has 2 N–H and O–H groups in total. The normalized spacial score (nSPS) is 10.3. The van der Waals surface area contributed by atoms with E-state index in [0.717, 1.165) is 0 Å². The monoisotopic (exact) mass is 246 g/mol. The van der Waals surface area contributed by atoms with Gasteiger partial charge in [0.25, 0.3) is 0 Å². The van der Waals surface area contributed by atoms with Crippen LogP contribution in [-0.2, 0) is 4.74 Å². The number of phenols is 2. The van der Waals surface area contributed by atoms with Crippen LogP contribution in [0.2, 0.25) is 0 Å². The van der Waals surface area contributed by atoms with E-state index >= 15 is 0 Å². The van der Waals surface area contributed by atoms with Gasteiger partial charge < -0.3 is 14.9 Å². The van der Waals surface area contributed by atoms with Gasteiger partial charge in [0.15, 0.2) is 6.29 Å². The number of rotatable bonds is 2. The summed E-state index contributed by atoms with van der Waals surface area (Å²) in [5.41, 5.74) is 0.121. The fourth-order valence-corrected chi connectivity index (χ4v) is 1.71. The first kappa shape index (κ1) is 11.9. The van der Waals surface area contributed by atoms with Gasteiger partial charge in [-0.3, -0.25) is 4.79 Å². The van der Waals surface area contributed by atoms with Crippen molar-refractivity contribution in [3.63, 3.8) is 0 Å². The lowest BCUT2D eigenvalue weighted by Gasteiger charge is -2.07. The van der Waals surface area contributed by atoms with E-state index in [1.54, 1.807) is 0 Å². The predicted molar refractivity (Wildman–Crippen MR) is 64.0 cm³/mol. The van der Waals surface area contributed by atoms with Crippen LogP contribution in [0.3, 0.4) is 0 Å². The SMILES string of the molecule is COC(=O)c1cc2cc(O)c(C=O)cc2cc1O. The lowest BCUT2D eigenvalue weighted by molar-refractivity contribution is 0.0597. The Hall–Kier alpha value is -2.56. The largest absolute Gasteiger partial charge is 0.507 e. The van der Waals surface area contributed by atoms with Crippen molar-refractivity contribution < 1.29 is 24.5 Å². The van der Waals surface area contributed by atoms with Gasteiger partial charge in [-0.2, -0.15) is 0 Å². The van der Waals surface area contributed by atoms with E-state index in [1.807, 2.05) is 0 Å². The van der Waals surface area contributed by atoms with Gasteiger partial charge in [0.1, 0.15) is 17.1 Å². The van der Waals surface area contributed by atoms with Crippen LogP contribution in [-0.4, -0.2) is 29.6 Å². The highest BCUT2D eigenvalue weighted by Gasteiger charge is 2.14. The molecule has 0 unspecified atom stereocenters. The first-order valence-electron chi connectivity index (χ1n) is 5.10. The molecule has 2 rings (SSSR count). The molecule has 0 bridgehead atoms. The van der Waals surface area contributed by atoms with Crippen molar-refractivity contribution in [1.82, 2.24) is 0 Å². The molecule has 0 heterocycles. The summed E-state index contributed by atoms with van der Waals surface area (Å²) in [6, 6.07) is 5.52. The van der Waals surface area contributed by atoms with E-state index in [9.17, 15) is 19.8 Å². The Bertz CT molecular complexity index is 645. The third-order valence-electron chi connectivity index (χ3n) is 2.63. The maximum atomic E-state index is 11.4. The van der Waals surface area contributed by atoms with E-state index in [-0.39, 0.29) is 22.6 Å². The summed E-state index contributed by atoms with van der Waals surface area (Å²) in [7, 11) is 1.21. The molecule has 0 saturated heterocycles. The molecule has 0 aliphatic carbocycles. The highest BCUT2D eigenvalue weighted by atomic mass is 16.5. The summed E-state index contributed by atoms with van der Waals surface area (Å²) >= 11 is 0. The lowest BCUT2D eigenvalue weighted by atomic mass is 10.0. The van der Waals surface area contributed by atoms with Gasteiger partial charge in [-0.1, -0.05) is 0 Å². The first-order valence-corrected chi connectivity index (χ1v) is 5.10. The summed E-state index contributed by atoms with van der Waals surface area (Å²) < 4.78 is 4.52. The fraction of sp³-hybridized carbons (Fsp3) is 0.0769. The number of methoxy groups -OCH3 is 1. The molecule has 0 spiro atoms. The highest BCUT2D eigenvalue weighted by Crippen LogP contribution is 2.29. The quantitative estimate of drug-likeness (QED) is 0.624. The molecule has 5 heteroatoms. The second-order valence-electron chi connectivity index (χ2n) is 3.74. The van der Waals surface area contributed by atoms with E-state index < -0.39 is 5.97 Å². The van der Waals surface area contributed by atoms with Crippen molar-refractivity contribution in [3.05, 3.63) is 35.4 Å². The van der Waals surface area contributed by atoms with E-state index in [4.69, 9.17) is 0 Å². The minimum atomic E-state index is -0.673. The third-order valence-corrected chi connectivity index (χ3v) is 2.63. The predicted octanol–water partition coefficient (Wildman–Crippen LogP) is 1.85. The maximum absolute atomic E-state index is 11.4. The van der Waals surface area contributed by atoms with Crippen LogP contribution in [0.25, 0.3) is 10.8 Å². The van der Waals surface area contributed by atoms with Gasteiger partial charge in [-0.05, 0) is 35.0 Å². The van der Waals surface area contributed by atoms with Gasteiger partial charge in [-0.25, -0.2) is 4.79 Å². The van der Waals surface area contributed by atoms with Crippen LogP contribution in [0.15, 0.2) is 24.3 Å². The molecule has 0 amide bonds. The van der Waals surface area contributed by atoms with Crippen molar-refractivity contribution in [3.8, 4) is 11.5 Å². The van der Waals surface area contributed by atoms with Crippen LogP contribution in [0, 0.1) is 0 Å². The molecular formula is C13H10O5. The first-order chi connectivity index (χ1) is 8.56. The molecule has 0 radical (unpaired) electrons. The van der Waals surface area contributed by atoms with Crippen LogP contribution >= 0.6 is 0 Å². The van der Waals surface area contributed by atoms with E-state index in [2.05, 4.69) is 4.74 Å². The van der Waals surface area contributed by atoms with Crippen molar-refractivity contribution in [2.24, 2.45) is 0 Å². The number of hydrogen-bond donors (Lipinski definition) is 2. The zero-order chi connectivity index (χ0) is 13.3. The molecule has 5 nitrogen and oxygen atoms in total. The molecule has 0 aromatic heterocycles. The minimum Gasteiger partial charge on any atom is -0.507 e. The molecular weight excluding hydrogens is 236 g/mol. The average Bonchev–Trinajstić information content (AvgIpc) is 2.37. The maximum Gasteiger partial charge on any atom is 0.341 e. The second-order valence-corrected chi connectivity index (χ2v) is 3.74. The highest BCUT2D eigenvalue weighted by molar-refractivity contribution is 6.00. The molecule has 2 aromatic carbocycles. The second kappa shape index (κ2) is 4.37. The number of aromatic hydroxyl groups is 2. The molecule has 0 fully saturated rings. The Morgan fingerprint density at radius 1 is 1.11 bits per heavy atom. The van der Waals surface area contributed by atoms with Crippen molar-refractivity contribution in [2.75, 3.05) is 7.11 Å². The third kappa shape index (κ3) is 1.86. The summed E-state index contributed by atoms with van der Waals surface area (Å²) in [6.45, 7) is 0. The summed E-state index contributed by atoms with van der Waals surface area (Å²) in [5.74, 6) is -1.09. The molecule has 0 aliphatic heterocycles. The fourth-order valence-electron chi connectivity index (χ4n) is 1.71. The molecule has 2 aromatic rings. The number of aldehydes is 1. The Morgan fingerprint density at radius 3 is 2.33 bits per heavy atom. The summed E-state index contributed by atoms with van der Waals surface area (Å²) in [5, 5.41) is 20.3. The molecule has 0 aliphatic rings.